The summed E-state index contributed by atoms with van der Waals surface area (Å²) in [5.41, 5.74) is 1.22. The van der Waals surface area contributed by atoms with Gasteiger partial charge in [-0.1, -0.05) is 65.6 Å². The van der Waals surface area contributed by atoms with Crippen molar-refractivity contribution < 1.29 is 13.0 Å². The molecule has 0 amide bonds. The third-order valence-corrected chi connectivity index (χ3v) is 13.3. The highest BCUT2D eigenvalue weighted by atomic mass is 32.2. The second kappa shape index (κ2) is 6.05. The second-order valence-electron chi connectivity index (χ2n) is 6.99. The van der Waals surface area contributed by atoms with Gasteiger partial charge in [0.05, 0.1) is 13.8 Å². The molecule has 0 aliphatic carbocycles. The lowest BCUT2D eigenvalue weighted by molar-refractivity contribution is 0.481. The zero-order chi connectivity index (χ0) is 14.8. The summed E-state index contributed by atoms with van der Waals surface area (Å²) in [6, 6.07) is 0.964. The predicted molar refractivity (Wildman–Crippen MR) is 81.5 cm³/mol. The van der Waals surface area contributed by atoms with Crippen molar-refractivity contribution in [2.45, 2.75) is 77.1 Å². The van der Waals surface area contributed by atoms with Crippen LogP contribution in [0.4, 0.5) is 0 Å². The highest BCUT2D eigenvalue weighted by Gasteiger charge is 2.48. The fraction of sp³-hybridized carbons (Fsp3) is 1.00. The van der Waals surface area contributed by atoms with Gasteiger partial charge in [-0.05, 0) is 11.5 Å². The summed E-state index contributed by atoms with van der Waals surface area (Å²) >= 11 is 0. The van der Waals surface area contributed by atoms with Crippen molar-refractivity contribution >= 4 is 18.2 Å². The molecule has 0 rings (SSSR count). The van der Waals surface area contributed by atoms with Crippen molar-refractivity contribution in [3.05, 3.63) is 0 Å². The molecule has 0 radical (unpaired) electrons. The topological polar surface area (TPSA) is 54.4 Å². The molecule has 0 bridgehead atoms. The minimum atomic E-state index is -3.82. The van der Waals surface area contributed by atoms with E-state index in [9.17, 15) is 8.42 Å². The van der Waals surface area contributed by atoms with E-state index in [2.05, 4.69) is 48.5 Å². The largest absolute Gasteiger partial charge is 0.286 e. The molecule has 3 nitrogen and oxygen atoms in total. The van der Waals surface area contributed by atoms with Crippen LogP contribution in [0.1, 0.15) is 54.9 Å². The Balaban J connectivity index is 5.11. The third kappa shape index (κ3) is 4.35. The summed E-state index contributed by atoms with van der Waals surface area (Å²) in [7, 11) is -5.45. The van der Waals surface area contributed by atoms with Crippen LogP contribution in [-0.2, 0) is 10.1 Å². The van der Waals surface area contributed by atoms with E-state index in [1.165, 1.54) is 0 Å². The molecule has 0 fully saturated rings. The van der Waals surface area contributed by atoms with Gasteiger partial charge in [-0.15, -0.1) is 0 Å². The van der Waals surface area contributed by atoms with Crippen LogP contribution in [0, 0.1) is 0 Å². The minimum Gasteiger partial charge on any atom is -0.286 e. The van der Waals surface area contributed by atoms with Crippen LogP contribution >= 0.6 is 0 Å². The van der Waals surface area contributed by atoms with Crippen molar-refractivity contribution in [2.24, 2.45) is 0 Å². The predicted octanol–water partition coefficient (Wildman–Crippen LogP) is 4.33. The molecule has 0 aliphatic rings. The van der Waals surface area contributed by atoms with Gasteiger partial charge in [-0.25, -0.2) is 0 Å². The fourth-order valence-electron chi connectivity index (χ4n) is 3.90. The molecule has 5 heteroatoms. The molecule has 0 aromatic carbocycles. The molecule has 0 aromatic heterocycles. The number of hydrogen-bond acceptors (Lipinski definition) is 2. The molecule has 110 valence electrons. The van der Waals surface area contributed by atoms with Crippen molar-refractivity contribution in [3.63, 3.8) is 0 Å². The molecular weight excluding hydrogens is 264 g/mol. The number of hydrogen-bond donors (Lipinski definition) is 1. The Morgan fingerprint density at radius 1 is 1.06 bits per heavy atom. The van der Waals surface area contributed by atoms with Crippen LogP contribution in [0.5, 0.6) is 0 Å². The molecule has 0 aliphatic heterocycles. The monoisotopic (exact) mass is 294 g/mol. The Morgan fingerprint density at radius 2 is 1.44 bits per heavy atom. The smallest absolute Gasteiger partial charge is 0.264 e. The van der Waals surface area contributed by atoms with Crippen LogP contribution in [0.3, 0.4) is 0 Å². The summed E-state index contributed by atoms with van der Waals surface area (Å²) in [6.45, 7) is 15.9. The van der Waals surface area contributed by atoms with E-state index in [0.717, 1.165) is 6.04 Å². The van der Waals surface area contributed by atoms with Gasteiger partial charge in [-0.2, -0.15) is 8.42 Å². The molecule has 1 N–H and O–H groups in total. The van der Waals surface area contributed by atoms with Crippen LogP contribution in [0.15, 0.2) is 0 Å². The highest BCUT2D eigenvalue weighted by Crippen LogP contribution is 2.52. The number of rotatable bonds is 6. The minimum absolute atomic E-state index is 0.0999. The van der Waals surface area contributed by atoms with Gasteiger partial charge >= 0.3 is 0 Å². The molecular formula is C13H30O3SSi. The Kier molecular flexibility index (Phi) is 6.10. The van der Waals surface area contributed by atoms with Gasteiger partial charge in [0.15, 0.2) is 0 Å². The van der Waals surface area contributed by atoms with Gasteiger partial charge in [0.25, 0.3) is 10.1 Å². The average Bonchev–Trinajstić information content (AvgIpc) is 2.06. The first-order valence-corrected chi connectivity index (χ1v) is 10.8. The van der Waals surface area contributed by atoms with E-state index in [4.69, 9.17) is 4.55 Å². The molecule has 0 spiro atoms. The van der Waals surface area contributed by atoms with Gasteiger partial charge < -0.3 is 0 Å². The summed E-state index contributed by atoms with van der Waals surface area (Å²) in [4.78, 5) is 0. The van der Waals surface area contributed by atoms with E-state index >= 15 is 0 Å². The zero-order valence-corrected chi connectivity index (χ0v) is 14.8. The van der Waals surface area contributed by atoms with Crippen molar-refractivity contribution in [2.75, 3.05) is 5.75 Å². The van der Waals surface area contributed by atoms with E-state index < -0.39 is 18.2 Å². The lowest BCUT2D eigenvalue weighted by Crippen LogP contribution is -2.49. The van der Waals surface area contributed by atoms with E-state index in [1.807, 2.05) is 0 Å². The average molecular weight is 295 g/mol. The fourth-order valence-corrected chi connectivity index (χ4v) is 12.1. The quantitative estimate of drug-likeness (QED) is 0.586. The summed E-state index contributed by atoms with van der Waals surface area (Å²) < 4.78 is 30.6. The van der Waals surface area contributed by atoms with Crippen LogP contribution in [0.2, 0.25) is 22.2 Å². The standard InChI is InChI=1S/C13H30O3SSi/c1-11(2)18(12(3)4,13(5,6)7)10-8-9-17(14,15)16/h11-12H,8-10H2,1-7H3,(H,14,15,16). The SMILES string of the molecule is CC(C)[Si](CCCS(=O)(=O)O)(C(C)C)C(C)(C)C. The van der Waals surface area contributed by atoms with E-state index in [1.54, 1.807) is 0 Å². The van der Waals surface area contributed by atoms with Gasteiger partial charge in [0.1, 0.15) is 0 Å². The zero-order valence-electron chi connectivity index (χ0n) is 12.9. The van der Waals surface area contributed by atoms with Crippen molar-refractivity contribution in [3.8, 4) is 0 Å². The lowest BCUT2D eigenvalue weighted by Gasteiger charge is -2.50. The summed E-state index contributed by atoms with van der Waals surface area (Å²) in [6.07, 6.45) is 0.582. The molecule has 0 saturated carbocycles. The first kappa shape index (κ1) is 18.1. The maximum absolute atomic E-state index is 10.9. The van der Waals surface area contributed by atoms with Crippen molar-refractivity contribution in [1.82, 2.24) is 0 Å². The van der Waals surface area contributed by atoms with Crippen LogP contribution in [-0.4, -0.2) is 26.8 Å². The van der Waals surface area contributed by atoms with Gasteiger partial charge in [-0.3, -0.25) is 4.55 Å². The first-order chi connectivity index (χ1) is 7.84. The maximum Gasteiger partial charge on any atom is 0.264 e. The lowest BCUT2D eigenvalue weighted by atomic mass is 10.2. The molecule has 0 heterocycles. The van der Waals surface area contributed by atoms with Gasteiger partial charge in [0.2, 0.25) is 0 Å². The molecule has 18 heavy (non-hydrogen) atoms. The molecule has 0 aromatic rings. The first-order valence-electron chi connectivity index (χ1n) is 6.79. The van der Waals surface area contributed by atoms with Gasteiger partial charge in [0, 0.05) is 0 Å². The van der Waals surface area contributed by atoms with Crippen molar-refractivity contribution in [1.29, 1.82) is 0 Å². The van der Waals surface area contributed by atoms with E-state index in [-0.39, 0.29) is 10.8 Å². The molecule has 0 unspecified atom stereocenters. The summed E-state index contributed by atoms with van der Waals surface area (Å²) in [5, 5.41) is 0.245. The van der Waals surface area contributed by atoms with E-state index in [0.29, 0.717) is 17.5 Å². The summed E-state index contributed by atoms with van der Waals surface area (Å²) in [5.74, 6) is -0.0999. The Morgan fingerprint density at radius 3 is 1.67 bits per heavy atom. The Labute approximate surface area is 114 Å². The maximum atomic E-state index is 10.9. The van der Waals surface area contributed by atoms with Crippen LogP contribution < -0.4 is 0 Å². The Hall–Kier alpha value is 0.127. The third-order valence-electron chi connectivity index (χ3n) is 4.45. The molecule has 0 atom stereocenters. The second-order valence-corrected chi connectivity index (χ2v) is 15.0. The normalized spacial score (nSPS) is 14.6. The van der Waals surface area contributed by atoms with Crippen LogP contribution in [0.25, 0.3) is 0 Å². The Bertz CT molecular complexity index is 345. The highest BCUT2D eigenvalue weighted by molar-refractivity contribution is 7.85. The molecule has 0 saturated heterocycles.